The van der Waals surface area contributed by atoms with Gasteiger partial charge in [-0.3, -0.25) is 9.80 Å². The minimum Gasteiger partial charge on any atom is -0.424 e. The van der Waals surface area contributed by atoms with Crippen LogP contribution in [-0.4, -0.2) is 64.4 Å². The molecule has 0 amide bonds. The Hall–Kier alpha value is -0.980. The van der Waals surface area contributed by atoms with Crippen molar-refractivity contribution in [2.45, 2.75) is 26.3 Å². The molecule has 1 saturated heterocycles. The number of aryl methyl sites for hydroxylation is 1. The van der Waals surface area contributed by atoms with Gasteiger partial charge in [0.25, 0.3) is 0 Å². The molecule has 0 bridgehead atoms. The van der Waals surface area contributed by atoms with Crippen molar-refractivity contribution in [3.8, 4) is 0 Å². The van der Waals surface area contributed by atoms with E-state index in [4.69, 9.17) is 9.52 Å². The molecular formula is C12H22N4O2. The molecule has 0 radical (unpaired) electrons. The van der Waals surface area contributed by atoms with Crippen LogP contribution in [0, 0.1) is 0 Å². The van der Waals surface area contributed by atoms with Crippen molar-refractivity contribution in [2.75, 3.05) is 39.3 Å². The first-order chi connectivity index (χ1) is 8.74. The largest absolute Gasteiger partial charge is 0.424 e. The third-order valence-corrected chi connectivity index (χ3v) is 3.51. The monoisotopic (exact) mass is 254 g/mol. The second kappa shape index (κ2) is 6.26. The molecule has 18 heavy (non-hydrogen) atoms. The Morgan fingerprint density at radius 1 is 1.28 bits per heavy atom. The number of hydrogen-bond acceptors (Lipinski definition) is 6. The molecule has 1 aliphatic rings. The summed E-state index contributed by atoms with van der Waals surface area (Å²) in [5.74, 6) is 1.42. The van der Waals surface area contributed by atoms with Gasteiger partial charge in [0.15, 0.2) is 0 Å². The van der Waals surface area contributed by atoms with Crippen molar-refractivity contribution < 1.29 is 9.52 Å². The van der Waals surface area contributed by atoms with Gasteiger partial charge in [-0.2, -0.15) is 0 Å². The molecule has 0 aliphatic carbocycles. The highest BCUT2D eigenvalue weighted by Crippen LogP contribution is 2.20. The molecule has 2 heterocycles. The molecule has 1 fully saturated rings. The van der Waals surface area contributed by atoms with Gasteiger partial charge in [-0.15, -0.1) is 10.2 Å². The molecule has 102 valence electrons. The Kier molecular flexibility index (Phi) is 4.68. The number of aliphatic hydroxyl groups excluding tert-OH is 1. The lowest BCUT2D eigenvalue weighted by atomic mass is 10.2. The fourth-order valence-electron chi connectivity index (χ4n) is 2.25. The fraction of sp³-hybridized carbons (Fsp3) is 0.833. The van der Waals surface area contributed by atoms with Crippen LogP contribution >= 0.6 is 0 Å². The summed E-state index contributed by atoms with van der Waals surface area (Å²) < 4.78 is 5.60. The minimum atomic E-state index is 0.175. The summed E-state index contributed by atoms with van der Waals surface area (Å²) in [5.41, 5.74) is 0. The van der Waals surface area contributed by atoms with Crippen LogP contribution in [-0.2, 0) is 6.42 Å². The molecule has 1 atom stereocenters. The second-order valence-corrected chi connectivity index (χ2v) is 4.66. The summed E-state index contributed by atoms with van der Waals surface area (Å²) >= 11 is 0. The molecule has 6 nitrogen and oxygen atoms in total. The fourth-order valence-corrected chi connectivity index (χ4v) is 2.25. The summed E-state index contributed by atoms with van der Waals surface area (Å²) in [4.78, 5) is 4.62. The lowest BCUT2D eigenvalue weighted by Crippen LogP contribution is -2.47. The van der Waals surface area contributed by atoms with Crippen molar-refractivity contribution >= 4 is 0 Å². The molecule has 1 N–H and O–H groups in total. The predicted molar refractivity (Wildman–Crippen MR) is 67.2 cm³/mol. The van der Waals surface area contributed by atoms with Crippen molar-refractivity contribution in [3.05, 3.63) is 11.8 Å². The lowest BCUT2D eigenvalue weighted by Gasteiger charge is -2.36. The van der Waals surface area contributed by atoms with Crippen molar-refractivity contribution in [1.82, 2.24) is 20.0 Å². The van der Waals surface area contributed by atoms with Gasteiger partial charge in [0, 0.05) is 39.1 Å². The topological polar surface area (TPSA) is 65.6 Å². The number of piperazine rings is 1. The maximum absolute atomic E-state index is 8.91. The van der Waals surface area contributed by atoms with E-state index in [1.54, 1.807) is 0 Å². The van der Waals surface area contributed by atoms with E-state index in [0.29, 0.717) is 11.8 Å². The van der Waals surface area contributed by atoms with Gasteiger partial charge in [-0.1, -0.05) is 6.92 Å². The number of β-amino-alcohol motifs (C(OH)–C–C–N with tert-alkyl or cyclic N) is 1. The minimum absolute atomic E-state index is 0.175. The highest BCUT2D eigenvalue weighted by molar-refractivity contribution is 4.90. The van der Waals surface area contributed by atoms with E-state index in [0.717, 1.165) is 39.1 Å². The van der Waals surface area contributed by atoms with E-state index in [9.17, 15) is 0 Å². The van der Waals surface area contributed by atoms with Gasteiger partial charge in [0.05, 0.1) is 12.6 Å². The molecular weight excluding hydrogens is 232 g/mol. The van der Waals surface area contributed by atoms with Crippen LogP contribution in [0.4, 0.5) is 0 Å². The first-order valence-electron chi connectivity index (χ1n) is 6.64. The van der Waals surface area contributed by atoms with Crippen molar-refractivity contribution in [2.24, 2.45) is 0 Å². The molecule has 6 heteroatoms. The number of hydrogen-bond donors (Lipinski definition) is 1. The lowest BCUT2D eigenvalue weighted by molar-refractivity contribution is 0.0796. The van der Waals surface area contributed by atoms with E-state index in [1.165, 1.54) is 0 Å². The van der Waals surface area contributed by atoms with E-state index < -0.39 is 0 Å². The first kappa shape index (κ1) is 13.5. The van der Waals surface area contributed by atoms with Crippen LogP contribution < -0.4 is 0 Å². The Bertz CT molecular complexity index is 361. The maximum atomic E-state index is 8.91. The maximum Gasteiger partial charge on any atom is 0.233 e. The molecule has 1 unspecified atom stereocenters. The zero-order valence-electron chi connectivity index (χ0n) is 11.2. The van der Waals surface area contributed by atoms with E-state index in [2.05, 4.69) is 26.9 Å². The number of aliphatic hydroxyl groups is 1. The van der Waals surface area contributed by atoms with Crippen molar-refractivity contribution in [3.63, 3.8) is 0 Å². The van der Waals surface area contributed by atoms with E-state index in [1.807, 2.05) is 6.92 Å². The highest BCUT2D eigenvalue weighted by atomic mass is 16.4. The highest BCUT2D eigenvalue weighted by Gasteiger charge is 2.25. The third-order valence-electron chi connectivity index (χ3n) is 3.51. The quantitative estimate of drug-likeness (QED) is 0.815. The van der Waals surface area contributed by atoms with Gasteiger partial charge < -0.3 is 9.52 Å². The Balaban J connectivity index is 1.88. The number of rotatable bonds is 5. The Morgan fingerprint density at radius 3 is 2.56 bits per heavy atom. The summed E-state index contributed by atoms with van der Waals surface area (Å²) in [6, 6.07) is 0.175. The van der Waals surface area contributed by atoms with E-state index >= 15 is 0 Å². The summed E-state index contributed by atoms with van der Waals surface area (Å²) in [7, 11) is 0. The molecule has 1 aliphatic heterocycles. The zero-order valence-corrected chi connectivity index (χ0v) is 11.2. The van der Waals surface area contributed by atoms with E-state index in [-0.39, 0.29) is 12.6 Å². The summed E-state index contributed by atoms with van der Waals surface area (Å²) in [5, 5.41) is 17.0. The summed E-state index contributed by atoms with van der Waals surface area (Å²) in [6.07, 6.45) is 0.782. The van der Waals surface area contributed by atoms with Crippen LogP contribution in [0.25, 0.3) is 0 Å². The zero-order chi connectivity index (χ0) is 13.0. The summed E-state index contributed by atoms with van der Waals surface area (Å²) in [6.45, 7) is 9.04. The van der Waals surface area contributed by atoms with Crippen molar-refractivity contribution in [1.29, 1.82) is 0 Å². The van der Waals surface area contributed by atoms with Gasteiger partial charge in [0.2, 0.25) is 11.8 Å². The molecule has 2 rings (SSSR count). The molecule has 1 aromatic heterocycles. The van der Waals surface area contributed by atoms with Crippen LogP contribution in [0.5, 0.6) is 0 Å². The van der Waals surface area contributed by atoms with Gasteiger partial charge in [0.1, 0.15) is 0 Å². The predicted octanol–water partition coefficient (Wildman–Crippen LogP) is 0.303. The number of aromatic nitrogens is 2. The number of nitrogens with zero attached hydrogens (tertiary/aromatic N) is 4. The normalized spacial score (nSPS) is 20.2. The second-order valence-electron chi connectivity index (χ2n) is 4.66. The third kappa shape index (κ3) is 3.07. The standard InChI is InChI=1S/C12H22N4O2/c1-3-11-13-14-12(18-11)10(2)16-6-4-15(5-7-16)8-9-17/h10,17H,3-9H2,1-2H3. The molecule has 0 aromatic carbocycles. The van der Waals surface area contributed by atoms with Gasteiger partial charge in [-0.05, 0) is 6.92 Å². The van der Waals surface area contributed by atoms with Crippen LogP contribution in [0.2, 0.25) is 0 Å². The molecule has 1 aromatic rings. The SMILES string of the molecule is CCc1nnc(C(C)N2CCN(CCO)CC2)o1. The average Bonchev–Trinajstić information content (AvgIpc) is 2.88. The average molecular weight is 254 g/mol. The van der Waals surface area contributed by atoms with Crippen LogP contribution in [0.3, 0.4) is 0 Å². The van der Waals surface area contributed by atoms with Crippen LogP contribution in [0.1, 0.15) is 31.7 Å². The Labute approximate surface area is 108 Å². The van der Waals surface area contributed by atoms with Gasteiger partial charge >= 0.3 is 0 Å². The molecule has 0 spiro atoms. The van der Waals surface area contributed by atoms with Crippen LogP contribution in [0.15, 0.2) is 4.42 Å². The first-order valence-corrected chi connectivity index (χ1v) is 6.64. The van der Waals surface area contributed by atoms with Gasteiger partial charge in [-0.25, -0.2) is 0 Å². The smallest absolute Gasteiger partial charge is 0.233 e. The molecule has 0 saturated carbocycles. The Morgan fingerprint density at radius 2 is 2.00 bits per heavy atom.